The normalized spacial score (nSPS) is 23.5. The van der Waals surface area contributed by atoms with E-state index in [0.29, 0.717) is 40.7 Å². The third kappa shape index (κ3) is 5.85. The number of carbonyl (C=O) groups is 1. The molecule has 0 bridgehead atoms. The molecule has 0 radical (unpaired) electrons. The summed E-state index contributed by atoms with van der Waals surface area (Å²) < 4.78 is 32.9. The number of carbonyl (C=O) groups excluding carboxylic acids is 1. The SMILES string of the molecule is NS(=O)(=O)OC[C@H]1C[C@@H](Nc2ncncc2C(=O)c2cc(C3OCCc4c(Cl)cccc43)cs2)C[C@@H]1O. The minimum Gasteiger partial charge on any atom is -0.393 e. The summed E-state index contributed by atoms with van der Waals surface area (Å²) in [5.74, 6) is -0.330. The number of benzene rings is 1. The predicted molar refractivity (Wildman–Crippen MR) is 138 cm³/mol. The van der Waals surface area contributed by atoms with Gasteiger partial charge in [-0.05, 0) is 53.5 Å². The van der Waals surface area contributed by atoms with E-state index in [-0.39, 0.29) is 24.5 Å². The van der Waals surface area contributed by atoms with Crippen LogP contribution >= 0.6 is 22.9 Å². The number of ether oxygens (including phenoxy) is 1. The van der Waals surface area contributed by atoms with Crippen LogP contribution < -0.4 is 10.5 Å². The number of nitrogens with one attached hydrogen (secondary N) is 1. The highest BCUT2D eigenvalue weighted by Crippen LogP contribution is 2.38. The van der Waals surface area contributed by atoms with Crippen molar-refractivity contribution in [3.8, 4) is 0 Å². The van der Waals surface area contributed by atoms with Crippen molar-refractivity contribution in [3.63, 3.8) is 0 Å². The molecule has 2 aromatic heterocycles. The first kappa shape index (κ1) is 26.2. The molecular weight excluding hydrogens is 540 g/mol. The van der Waals surface area contributed by atoms with Crippen LogP contribution in [0.1, 0.15) is 50.9 Å². The summed E-state index contributed by atoms with van der Waals surface area (Å²) in [4.78, 5) is 22.3. The van der Waals surface area contributed by atoms with Gasteiger partial charge in [0.15, 0.2) is 0 Å². The molecule has 0 spiro atoms. The number of anilines is 1. The maximum Gasteiger partial charge on any atom is 0.333 e. The van der Waals surface area contributed by atoms with Crippen molar-refractivity contribution < 1.29 is 27.2 Å². The summed E-state index contributed by atoms with van der Waals surface area (Å²) >= 11 is 7.71. The van der Waals surface area contributed by atoms with E-state index in [0.717, 1.165) is 23.1 Å². The number of hydrogen-bond donors (Lipinski definition) is 3. The van der Waals surface area contributed by atoms with Gasteiger partial charge in [-0.15, -0.1) is 11.3 Å². The zero-order valence-electron chi connectivity index (χ0n) is 19.5. The second kappa shape index (κ2) is 10.7. The van der Waals surface area contributed by atoms with Crippen molar-refractivity contribution in [1.29, 1.82) is 0 Å². The molecule has 1 unspecified atom stereocenters. The lowest BCUT2D eigenvalue weighted by atomic mass is 9.94. The summed E-state index contributed by atoms with van der Waals surface area (Å²) in [7, 11) is -4.10. The summed E-state index contributed by atoms with van der Waals surface area (Å²) in [6.45, 7) is 0.320. The average Bonchev–Trinajstić information content (AvgIpc) is 3.49. The monoisotopic (exact) mass is 564 g/mol. The van der Waals surface area contributed by atoms with Gasteiger partial charge in [0.05, 0.1) is 29.8 Å². The van der Waals surface area contributed by atoms with E-state index in [1.807, 2.05) is 29.6 Å². The first-order valence-corrected chi connectivity index (χ1v) is 14.4. The second-order valence-electron chi connectivity index (χ2n) is 9.08. The van der Waals surface area contributed by atoms with Gasteiger partial charge >= 0.3 is 10.3 Å². The number of aromatic nitrogens is 2. The molecule has 1 saturated carbocycles. The minimum absolute atomic E-state index is 0.219. The van der Waals surface area contributed by atoms with Gasteiger partial charge in [0, 0.05) is 23.2 Å². The molecule has 4 N–H and O–H groups in total. The third-order valence-corrected chi connectivity index (χ3v) is 8.39. The Morgan fingerprint density at radius 1 is 1.35 bits per heavy atom. The molecule has 13 heteroatoms. The van der Waals surface area contributed by atoms with Gasteiger partial charge in [-0.1, -0.05) is 23.7 Å². The summed E-state index contributed by atoms with van der Waals surface area (Å²) in [5.41, 5.74) is 3.23. The Morgan fingerprint density at radius 2 is 2.19 bits per heavy atom. The molecule has 3 aromatic rings. The highest BCUT2D eigenvalue weighted by Gasteiger charge is 2.35. The highest BCUT2D eigenvalue weighted by molar-refractivity contribution is 7.84. The van der Waals surface area contributed by atoms with Gasteiger partial charge in [0.1, 0.15) is 18.2 Å². The number of rotatable bonds is 8. The molecule has 3 heterocycles. The molecule has 1 aliphatic heterocycles. The topological polar surface area (TPSA) is 154 Å². The minimum atomic E-state index is -4.10. The number of aliphatic hydroxyl groups excluding tert-OH is 1. The smallest absolute Gasteiger partial charge is 0.333 e. The van der Waals surface area contributed by atoms with Gasteiger partial charge in [-0.3, -0.25) is 8.98 Å². The Labute approximate surface area is 223 Å². The zero-order valence-corrected chi connectivity index (χ0v) is 21.9. The van der Waals surface area contributed by atoms with E-state index < -0.39 is 22.3 Å². The number of fused-ring (bicyclic) bond motifs is 1. The number of aliphatic hydroxyl groups is 1. The molecule has 196 valence electrons. The summed E-state index contributed by atoms with van der Waals surface area (Å²) in [5, 5.41) is 21.0. The molecule has 2 aliphatic rings. The van der Waals surface area contributed by atoms with Gasteiger partial charge in [0.25, 0.3) is 0 Å². The van der Waals surface area contributed by atoms with Gasteiger partial charge in [-0.25, -0.2) is 15.1 Å². The number of nitrogens with two attached hydrogens (primary N) is 1. The van der Waals surface area contributed by atoms with Crippen molar-refractivity contribution >= 4 is 44.8 Å². The van der Waals surface area contributed by atoms with Crippen LogP contribution in [0.5, 0.6) is 0 Å². The van der Waals surface area contributed by atoms with Crippen LogP contribution in [0.25, 0.3) is 0 Å². The Kier molecular flexibility index (Phi) is 7.59. The number of halogens is 1. The van der Waals surface area contributed by atoms with Crippen LogP contribution in [0.2, 0.25) is 5.02 Å². The van der Waals surface area contributed by atoms with Gasteiger partial charge < -0.3 is 15.2 Å². The molecule has 1 aromatic carbocycles. The molecule has 4 atom stereocenters. The second-order valence-corrected chi connectivity index (χ2v) is 11.6. The van der Waals surface area contributed by atoms with Crippen molar-refractivity contribution in [3.05, 3.63) is 74.3 Å². The molecule has 1 aliphatic carbocycles. The lowest BCUT2D eigenvalue weighted by Gasteiger charge is -2.26. The van der Waals surface area contributed by atoms with E-state index in [1.54, 1.807) is 0 Å². The Hall–Kier alpha value is -2.45. The average molecular weight is 565 g/mol. The fourth-order valence-electron chi connectivity index (χ4n) is 4.86. The maximum atomic E-state index is 13.5. The summed E-state index contributed by atoms with van der Waals surface area (Å²) in [6, 6.07) is 7.33. The van der Waals surface area contributed by atoms with Crippen LogP contribution in [-0.2, 0) is 25.6 Å². The van der Waals surface area contributed by atoms with Crippen molar-refractivity contribution in [1.82, 2.24) is 9.97 Å². The van der Waals surface area contributed by atoms with E-state index in [2.05, 4.69) is 19.5 Å². The largest absolute Gasteiger partial charge is 0.393 e. The molecule has 5 rings (SSSR count). The van der Waals surface area contributed by atoms with Crippen LogP contribution in [0.15, 0.2) is 42.2 Å². The van der Waals surface area contributed by atoms with Crippen LogP contribution in [0, 0.1) is 5.92 Å². The molecule has 1 fully saturated rings. The number of thiophene rings is 1. The van der Waals surface area contributed by atoms with Crippen molar-refractivity contribution in [2.24, 2.45) is 11.1 Å². The van der Waals surface area contributed by atoms with E-state index in [9.17, 15) is 18.3 Å². The standard InChI is InChI=1S/C24H25ClN4O6S2/c25-19-3-1-2-17-16(19)4-5-34-23(17)14-7-21(36-11-14)22(31)18-9-27-12-28-24(18)29-15-6-13(20(30)8-15)10-35-37(26,32)33/h1-3,7,9,11-13,15,20,23,30H,4-6,8,10H2,(H2,26,32,33)(H,27,28,29)/t13-,15-,20+,23?/m1/s1. The van der Waals surface area contributed by atoms with Gasteiger partial charge in [0.2, 0.25) is 5.78 Å². The fraction of sp³-hybridized carbons (Fsp3) is 0.375. The highest BCUT2D eigenvalue weighted by atomic mass is 35.5. The van der Waals surface area contributed by atoms with Gasteiger partial charge in [-0.2, -0.15) is 8.42 Å². The third-order valence-electron chi connectivity index (χ3n) is 6.62. The molecule has 0 amide bonds. The van der Waals surface area contributed by atoms with Crippen LogP contribution in [0.4, 0.5) is 5.82 Å². The van der Waals surface area contributed by atoms with Crippen LogP contribution in [-0.4, -0.2) is 54.6 Å². The Balaban J connectivity index is 1.32. The number of ketones is 1. The van der Waals surface area contributed by atoms with Crippen molar-refractivity contribution in [2.45, 2.75) is 37.5 Å². The fourth-order valence-corrected chi connectivity index (χ4v) is 6.37. The molecule has 0 saturated heterocycles. The van der Waals surface area contributed by atoms with Crippen LogP contribution in [0.3, 0.4) is 0 Å². The quantitative estimate of drug-likeness (QED) is 0.350. The number of hydrogen-bond acceptors (Lipinski definition) is 10. The van der Waals surface area contributed by atoms with Crippen molar-refractivity contribution in [2.75, 3.05) is 18.5 Å². The Bertz CT molecular complexity index is 1420. The van der Waals surface area contributed by atoms with E-state index in [1.165, 1.54) is 23.9 Å². The molecule has 10 nitrogen and oxygen atoms in total. The maximum absolute atomic E-state index is 13.5. The molecular formula is C24H25ClN4O6S2. The summed E-state index contributed by atoms with van der Waals surface area (Å²) in [6.07, 6.45) is 3.19. The first-order valence-electron chi connectivity index (χ1n) is 11.6. The van der Waals surface area contributed by atoms with E-state index in [4.69, 9.17) is 21.5 Å². The zero-order chi connectivity index (χ0) is 26.2. The lowest BCUT2D eigenvalue weighted by molar-refractivity contribution is 0.0701. The Morgan fingerprint density at radius 3 is 3.00 bits per heavy atom. The first-order chi connectivity index (χ1) is 17.7. The predicted octanol–water partition coefficient (Wildman–Crippen LogP) is 2.86. The van der Waals surface area contributed by atoms with E-state index >= 15 is 0 Å². The lowest BCUT2D eigenvalue weighted by Crippen LogP contribution is -2.24. The number of nitrogens with zero attached hydrogens (tertiary/aromatic N) is 2. The molecule has 37 heavy (non-hydrogen) atoms.